The molecule has 0 heterocycles. The van der Waals surface area contributed by atoms with Gasteiger partial charge in [0.15, 0.2) is 5.78 Å². The van der Waals surface area contributed by atoms with Gasteiger partial charge in [0.25, 0.3) is 0 Å². The van der Waals surface area contributed by atoms with E-state index in [0.717, 1.165) is 28.5 Å². The number of hydrogen-bond donors (Lipinski definition) is 1. The molecule has 0 spiro atoms. The summed E-state index contributed by atoms with van der Waals surface area (Å²) in [5.74, 6) is 1.27. The van der Waals surface area contributed by atoms with Crippen LogP contribution in [0.2, 0.25) is 0 Å². The maximum absolute atomic E-state index is 12.3. The Kier molecular flexibility index (Phi) is 8.72. The fourth-order valence-corrected chi connectivity index (χ4v) is 4.40. The maximum Gasteiger partial charge on any atom is 0.240 e. The number of nitrogens with one attached hydrogen (secondary N) is 1. The number of sulfonamides is 1. The third-order valence-electron chi connectivity index (χ3n) is 4.13. The molecule has 1 amide bonds. The van der Waals surface area contributed by atoms with Gasteiger partial charge in [-0.2, -0.15) is 11.8 Å². The van der Waals surface area contributed by atoms with Crippen LogP contribution in [0.3, 0.4) is 0 Å². The molecule has 2 aromatic carbocycles. The topological polar surface area (TPSA) is 83.6 Å². The van der Waals surface area contributed by atoms with Gasteiger partial charge < -0.3 is 5.32 Å². The van der Waals surface area contributed by atoms with Crippen molar-refractivity contribution in [1.82, 2.24) is 5.32 Å². The SMILES string of the molecule is CC(=O)c1cccc(N(CC(=O)NCCCSCc2ccccc2)S(C)(=O)=O)c1. The van der Waals surface area contributed by atoms with Crippen molar-refractivity contribution in [3.8, 4) is 0 Å². The number of amides is 1. The first-order valence-corrected chi connectivity index (χ1v) is 12.2. The highest BCUT2D eigenvalue weighted by Crippen LogP contribution is 2.19. The molecule has 0 atom stereocenters. The zero-order chi connectivity index (χ0) is 21.3. The Hall–Kier alpha value is -2.32. The molecule has 0 saturated heterocycles. The Labute approximate surface area is 176 Å². The Morgan fingerprint density at radius 3 is 2.45 bits per heavy atom. The number of thioether (sulfide) groups is 1. The van der Waals surface area contributed by atoms with E-state index in [0.29, 0.717) is 17.8 Å². The molecule has 29 heavy (non-hydrogen) atoms. The fourth-order valence-electron chi connectivity index (χ4n) is 2.63. The van der Waals surface area contributed by atoms with Gasteiger partial charge in [0, 0.05) is 17.9 Å². The summed E-state index contributed by atoms with van der Waals surface area (Å²) < 4.78 is 25.3. The van der Waals surface area contributed by atoms with Crippen molar-refractivity contribution in [3.05, 3.63) is 65.7 Å². The summed E-state index contributed by atoms with van der Waals surface area (Å²) in [5.41, 5.74) is 1.96. The minimum atomic E-state index is -3.67. The summed E-state index contributed by atoms with van der Waals surface area (Å²) in [4.78, 5) is 23.8. The first-order chi connectivity index (χ1) is 13.8. The average Bonchev–Trinajstić information content (AvgIpc) is 2.68. The molecule has 156 valence electrons. The third kappa shape index (κ3) is 7.91. The van der Waals surface area contributed by atoms with Crippen molar-refractivity contribution in [3.63, 3.8) is 0 Å². The highest BCUT2D eigenvalue weighted by atomic mass is 32.2. The summed E-state index contributed by atoms with van der Waals surface area (Å²) in [5, 5.41) is 2.77. The predicted molar refractivity (Wildman–Crippen MR) is 119 cm³/mol. The second-order valence-corrected chi connectivity index (χ2v) is 9.63. The molecule has 0 bridgehead atoms. The molecule has 0 aliphatic heterocycles. The fraction of sp³-hybridized carbons (Fsp3) is 0.333. The van der Waals surface area contributed by atoms with E-state index in [2.05, 4.69) is 17.4 Å². The molecule has 2 rings (SSSR count). The number of carbonyl (C=O) groups excluding carboxylic acids is 2. The van der Waals surface area contributed by atoms with Crippen LogP contribution in [0.15, 0.2) is 54.6 Å². The van der Waals surface area contributed by atoms with E-state index in [1.54, 1.807) is 30.0 Å². The van der Waals surface area contributed by atoms with Crippen LogP contribution < -0.4 is 9.62 Å². The van der Waals surface area contributed by atoms with Gasteiger partial charge >= 0.3 is 0 Å². The number of benzene rings is 2. The Bertz CT molecular complexity index is 931. The van der Waals surface area contributed by atoms with Gasteiger partial charge in [0.2, 0.25) is 15.9 Å². The standard InChI is InChI=1S/C21H26N2O4S2/c1-17(24)19-10-6-11-20(14-19)23(29(2,26)27)15-21(25)22-12-7-13-28-16-18-8-4-3-5-9-18/h3-6,8-11,14H,7,12-13,15-16H2,1-2H3,(H,22,25). The van der Waals surface area contributed by atoms with Gasteiger partial charge in [-0.15, -0.1) is 0 Å². The zero-order valence-electron chi connectivity index (χ0n) is 16.6. The molecule has 0 saturated carbocycles. The van der Waals surface area contributed by atoms with Crippen molar-refractivity contribution < 1.29 is 18.0 Å². The summed E-state index contributed by atoms with van der Waals surface area (Å²) in [6.45, 7) is 1.56. The van der Waals surface area contributed by atoms with Crippen LogP contribution in [-0.2, 0) is 20.6 Å². The molecule has 0 aliphatic carbocycles. The van der Waals surface area contributed by atoms with Gasteiger partial charge in [-0.3, -0.25) is 13.9 Å². The third-order valence-corrected chi connectivity index (χ3v) is 6.38. The van der Waals surface area contributed by atoms with E-state index in [9.17, 15) is 18.0 Å². The molecule has 6 nitrogen and oxygen atoms in total. The first-order valence-electron chi connectivity index (χ1n) is 9.24. The maximum atomic E-state index is 12.3. The highest BCUT2D eigenvalue weighted by molar-refractivity contribution is 7.98. The van der Waals surface area contributed by atoms with E-state index < -0.39 is 10.0 Å². The van der Waals surface area contributed by atoms with Crippen LogP contribution in [0, 0.1) is 0 Å². The number of carbonyl (C=O) groups is 2. The van der Waals surface area contributed by atoms with Gasteiger partial charge in [-0.1, -0.05) is 42.5 Å². The Morgan fingerprint density at radius 1 is 1.07 bits per heavy atom. The summed E-state index contributed by atoms with van der Waals surface area (Å²) in [7, 11) is -3.67. The van der Waals surface area contributed by atoms with Crippen molar-refractivity contribution in [2.45, 2.75) is 19.1 Å². The summed E-state index contributed by atoms with van der Waals surface area (Å²) >= 11 is 1.79. The second kappa shape index (κ2) is 11.0. The average molecular weight is 435 g/mol. The Balaban J connectivity index is 1.83. The quantitative estimate of drug-likeness (QED) is 0.434. The van der Waals surface area contributed by atoms with Crippen molar-refractivity contribution in [2.24, 2.45) is 0 Å². The molecule has 0 aliphatic rings. The van der Waals surface area contributed by atoms with Crippen LogP contribution in [0.4, 0.5) is 5.69 Å². The van der Waals surface area contributed by atoms with E-state index >= 15 is 0 Å². The lowest BCUT2D eigenvalue weighted by atomic mass is 10.1. The summed E-state index contributed by atoms with van der Waals surface area (Å²) in [6, 6.07) is 16.4. The lowest BCUT2D eigenvalue weighted by Gasteiger charge is -2.22. The van der Waals surface area contributed by atoms with Gasteiger partial charge in [-0.25, -0.2) is 8.42 Å². The highest BCUT2D eigenvalue weighted by Gasteiger charge is 2.21. The van der Waals surface area contributed by atoms with Gasteiger partial charge in [-0.05, 0) is 36.8 Å². The van der Waals surface area contributed by atoms with E-state index in [1.807, 2.05) is 18.2 Å². The van der Waals surface area contributed by atoms with Crippen LogP contribution in [-0.4, -0.2) is 45.2 Å². The molecular formula is C21H26N2O4S2. The minimum absolute atomic E-state index is 0.169. The van der Waals surface area contributed by atoms with Crippen molar-refractivity contribution >= 4 is 39.2 Å². The molecule has 8 heteroatoms. The van der Waals surface area contributed by atoms with E-state index in [-0.39, 0.29) is 18.2 Å². The van der Waals surface area contributed by atoms with Crippen molar-refractivity contribution in [1.29, 1.82) is 0 Å². The Morgan fingerprint density at radius 2 is 1.79 bits per heavy atom. The largest absolute Gasteiger partial charge is 0.354 e. The molecule has 0 aromatic heterocycles. The number of nitrogens with zero attached hydrogens (tertiary/aromatic N) is 1. The zero-order valence-corrected chi connectivity index (χ0v) is 18.3. The lowest BCUT2D eigenvalue weighted by molar-refractivity contribution is -0.119. The van der Waals surface area contributed by atoms with Crippen LogP contribution in [0.1, 0.15) is 29.3 Å². The molecule has 1 N–H and O–H groups in total. The van der Waals surface area contributed by atoms with Crippen LogP contribution in [0.5, 0.6) is 0 Å². The number of rotatable bonds is 11. The monoisotopic (exact) mass is 434 g/mol. The number of ketones is 1. The number of Topliss-reactive ketones (excluding diaryl/α,β-unsaturated/α-hetero) is 1. The smallest absolute Gasteiger partial charge is 0.240 e. The second-order valence-electron chi connectivity index (χ2n) is 6.62. The van der Waals surface area contributed by atoms with Gasteiger partial charge in [0.05, 0.1) is 11.9 Å². The minimum Gasteiger partial charge on any atom is -0.354 e. The van der Waals surface area contributed by atoms with Crippen LogP contribution >= 0.6 is 11.8 Å². The normalized spacial score (nSPS) is 11.1. The van der Waals surface area contributed by atoms with Crippen LogP contribution in [0.25, 0.3) is 0 Å². The molecule has 2 aromatic rings. The number of hydrogen-bond acceptors (Lipinski definition) is 5. The summed E-state index contributed by atoms with van der Waals surface area (Å²) in [6.07, 6.45) is 1.84. The van der Waals surface area contributed by atoms with E-state index in [4.69, 9.17) is 0 Å². The molecule has 0 fully saturated rings. The van der Waals surface area contributed by atoms with Gasteiger partial charge in [0.1, 0.15) is 6.54 Å². The lowest BCUT2D eigenvalue weighted by Crippen LogP contribution is -2.40. The predicted octanol–water partition coefficient (Wildman–Crippen LogP) is 3.09. The molecule has 0 radical (unpaired) electrons. The molecular weight excluding hydrogens is 408 g/mol. The first kappa shape index (κ1) is 23.0. The number of anilines is 1. The van der Waals surface area contributed by atoms with Crippen molar-refractivity contribution in [2.75, 3.05) is 29.4 Å². The van der Waals surface area contributed by atoms with E-state index in [1.165, 1.54) is 18.6 Å². The molecule has 0 unspecified atom stereocenters.